The highest BCUT2D eigenvalue weighted by Crippen LogP contribution is 2.28. The Balaban J connectivity index is 1.30. The van der Waals surface area contributed by atoms with Gasteiger partial charge in [-0.25, -0.2) is 8.42 Å². The van der Waals surface area contributed by atoms with E-state index in [4.69, 9.17) is 4.74 Å². The van der Waals surface area contributed by atoms with Crippen molar-refractivity contribution in [3.05, 3.63) is 71.8 Å². The third kappa shape index (κ3) is 5.63. The van der Waals surface area contributed by atoms with Gasteiger partial charge in [-0.2, -0.15) is 0 Å². The molecular formula is C24H27N3O5S. The number of aliphatic hydroxyl groups is 2. The van der Waals surface area contributed by atoms with Crippen molar-refractivity contribution < 1.29 is 23.4 Å². The van der Waals surface area contributed by atoms with Crippen LogP contribution < -0.4 is 14.8 Å². The monoisotopic (exact) mass is 469 g/mol. The molecule has 0 unspecified atom stereocenters. The Morgan fingerprint density at radius 1 is 1.03 bits per heavy atom. The summed E-state index contributed by atoms with van der Waals surface area (Å²) >= 11 is 0. The van der Waals surface area contributed by atoms with Crippen LogP contribution in [0.15, 0.2) is 60.7 Å². The number of rotatable bonds is 10. The Morgan fingerprint density at radius 3 is 2.61 bits per heavy atom. The van der Waals surface area contributed by atoms with E-state index >= 15 is 0 Å². The van der Waals surface area contributed by atoms with Gasteiger partial charge in [0.1, 0.15) is 12.4 Å². The highest BCUT2D eigenvalue weighted by Gasteiger charge is 2.13. The molecule has 0 saturated heterocycles. The standard InChI is InChI=1S/C24H27N3O5S/c1-33(30,31)27-22-12-16(6-7-17(22)15-28)24(29)14-25-10-11-32-18-8-9-20-19-4-2-3-5-21(19)26-23(20)13-18/h2-9,12-13,24-29H,10-11,14-15H2,1H3/t24-/m0/s1. The van der Waals surface area contributed by atoms with Gasteiger partial charge in [0.15, 0.2) is 0 Å². The van der Waals surface area contributed by atoms with Crippen molar-refractivity contribution in [3.63, 3.8) is 0 Å². The second-order valence-electron chi connectivity index (χ2n) is 7.90. The first-order chi connectivity index (χ1) is 15.8. The van der Waals surface area contributed by atoms with Gasteiger partial charge in [0, 0.05) is 41.0 Å². The summed E-state index contributed by atoms with van der Waals surface area (Å²) in [7, 11) is -3.50. The van der Waals surface area contributed by atoms with E-state index in [2.05, 4.69) is 21.1 Å². The molecule has 0 radical (unpaired) electrons. The molecule has 174 valence electrons. The van der Waals surface area contributed by atoms with Gasteiger partial charge in [-0.15, -0.1) is 0 Å². The van der Waals surface area contributed by atoms with E-state index in [-0.39, 0.29) is 18.8 Å². The second kappa shape index (κ2) is 9.80. The first-order valence-electron chi connectivity index (χ1n) is 10.6. The van der Waals surface area contributed by atoms with Gasteiger partial charge >= 0.3 is 0 Å². The number of sulfonamides is 1. The van der Waals surface area contributed by atoms with Crippen LogP contribution in [0.1, 0.15) is 17.2 Å². The molecule has 0 fully saturated rings. The maximum absolute atomic E-state index is 11.5. The zero-order chi connectivity index (χ0) is 23.4. The summed E-state index contributed by atoms with van der Waals surface area (Å²) in [4.78, 5) is 3.39. The van der Waals surface area contributed by atoms with Gasteiger partial charge in [-0.05, 0) is 29.8 Å². The summed E-state index contributed by atoms with van der Waals surface area (Å²) in [5.41, 5.74) is 3.33. The number of fused-ring (bicyclic) bond motifs is 3. The summed E-state index contributed by atoms with van der Waals surface area (Å²) in [6, 6.07) is 18.9. The summed E-state index contributed by atoms with van der Waals surface area (Å²) in [6.45, 7) is 0.892. The Bertz CT molecular complexity index is 1370. The number of benzene rings is 3. The van der Waals surface area contributed by atoms with Crippen molar-refractivity contribution in [2.24, 2.45) is 0 Å². The summed E-state index contributed by atoms with van der Waals surface area (Å²) in [5, 5.41) is 25.3. The van der Waals surface area contributed by atoms with E-state index in [1.165, 1.54) is 11.5 Å². The summed E-state index contributed by atoms with van der Waals surface area (Å²) < 4.78 is 31.3. The van der Waals surface area contributed by atoms with Crippen molar-refractivity contribution in [1.82, 2.24) is 10.3 Å². The predicted octanol–water partition coefficient (Wildman–Crippen LogP) is 2.89. The van der Waals surface area contributed by atoms with Gasteiger partial charge in [0.25, 0.3) is 0 Å². The lowest BCUT2D eigenvalue weighted by molar-refractivity contribution is 0.172. The van der Waals surface area contributed by atoms with Crippen molar-refractivity contribution in [2.45, 2.75) is 12.7 Å². The summed E-state index contributed by atoms with van der Waals surface area (Å²) in [5.74, 6) is 0.757. The molecule has 0 amide bonds. The third-order valence-electron chi connectivity index (χ3n) is 5.35. The maximum Gasteiger partial charge on any atom is 0.229 e. The second-order valence-corrected chi connectivity index (χ2v) is 9.64. The molecule has 9 heteroatoms. The largest absolute Gasteiger partial charge is 0.492 e. The van der Waals surface area contributed by atoms with Crippen LogP contribution in [-0.4, -0.2) is 49.6 Å². The number of hydrogen-bond donors (Lipinski definition) is 5. The topological polar surface area (TPSA) is 124 Å². The van der Waals surface area contributed by atoms with Crippen molar-refractivity contribution in [2.75, 3.05) is 30.7 Å². The van der Waals surface area contributed by atoms with Crippen LogP contribution in [0.3, 0.4) is 0 Å². The molecule has 0 saturated carbocycles. The van der Waals surface area contributed by atoms with Gasteiger partial charge in [0.05, 0.1) is 30.2 Å². The van der Waals surface area contributed by atoms with Gasteiger partial charge in [-0.3, -0.25) is 4.72 Å². The fourth-order valence-corrected chi connectivity index (χ4v) is 4.34. The van der Waals surface area contributed by atoms with Crippen molar-refractivity contribution >= 4 is 37.5 Å². The molecule has 8 nitrogen and oxygen atoms in total. The fourth-order valence-electron chi connectivity index (χ4n) is 3.76. The van der Waals surface area contributed by atoms with Crippen LogP contribution in [0.5, 0.6) is 5.75 Å². The number of aliphatic hydroxyl groups excluding tert-OH is 2. The molecule has 1 heterocycles. The molecule has 4 rings (SSSR count). The molecule has 0 bridgehead atoms. The number of H-pyrrole nitrogens is 1. The minimum atomic E-state index is -3.50. The molecule has 0 aliphatic carbocycles. The van der Waals surface area contributed by atoms with Crippen LogP contribution in [0.25, 0.3) is 21.8 Å². The zero-order valence-electron chi connectivity index (χ0n) is 18.2. The maximum atomic E-state index is 11.5. The first-order valence-corrected chi connectivity index (χ1v) is 12.5. The number of aromatic nitrogens is 1. The average molecular weight is 470 g/mol. The van der Waals surface area contributed by atoms with E-state index in [9.17, 15) is 18.6 Å². The number of para-hydroxylation sites is 1. The fraction of sp³-hybridized carbons (Fsp3) is 0.250. The Morgan fingerprint density at radius 2 is 1.82 bits per heavy atom. The number of hydrogen-bond acceptors (Lipinski definition) is 6. The van der Waals surface area contributed by atoms with Crippen LogP contribution in [0.4, 0.5) is 5.69 Å². The lowest BCUT2D eigenvalue weighted by Crippen LogP contribution is -2.26. The molecule has 1 aromatic heterocycles. The minimum Gasteiger partial charge on any atom is -0.492 e. The first kappa shape index (κ1) is 23.1. The van der Waals surface area contributed by atoms with Crippen LogP contribution in [-0.2, 0) is 16.6 Å². The van der Waals surface area contributed by atoms with E-state index < -0.39 is 16.1 Å². The van der Waals surface area contributed by atoms with Crippen molar-refractivity contribution in [1.29, 1.82) is 0 Å². The molecular weight excluding hydrogens is 442 g/mol. The highest BCUT2D eigenvalue weighted by atomic mass is 32.2. The highest BCUT2D eigenvalue weighted by molar-refractivity contribution is 7.92. The summed E-state index contributed by atoms with van der Waals surface area (Å²) in [6.07, 6.45) is 0.190. The smallest absolute Gasteiger partial charge is 0.229 e. The van der Waals surface area contributed by atoms with Crippen LogP contribution in [0, 0.1) is 0 Å². The van der Waals surface area contributed by atoms with E-state index in [0.29, 0.717) is 24.3 Å². The Labute approximate surface area is 192 Å². The average Bonchev–Trinajstić information content (AvgIpc) is 3.15. The molecule has 0 aliphatic rings. The molecule has 3 aromatic carbocycles. The quantitative estimate of drug-likeness (QED) is 0.228. The molecule has 33 heavy (non-hydrogen) atoms. The van der Waals surface area contributed by atoms with E-state index in [0.717, 1.165) is 28.4 Å². The number of anilines is 1. The molecule has 1 atom stereocenters. The van der Waals surface area contributed by atoms with E-state index in [1.54, 1.807) is 12.1 Å². The lowest BCUT2D eigenvalue weighted by atomic mass is 10.1. The zero-order valence-corrected chi connectivity index (χ0v) is 19.0. The van der Waals surface area contributed by atoms with E-state index in [1.807, 2.05) is 36.4 Å². The third-order valence-corrected chi connectivity index (χ3v) is 5.94. The SMILES string of the molecule is CS(=O)(=O)Nc1cc([C@@H](O)CNCCOc2ccc3c(c2)[nH]c2ccccc23)ccc1CO. The predicted molar refractivity (Wildman–Crippen MR) is 130 cm³/mol. The van der Waals surface area contributed by atoms with Gasteiger partial charge < -0.3 is 25.3 Å². The van der Waals surface area contributed by atoms with Crippen LogP contribution in [0.2, 0.25) is 0 Å². The normalized spacial score (nSPS) is 12.8. The van der Waals surface area contributed by atoms with Gasteiger partial charge in [-0.1, -0.05) is 30.3 Å². The number of ether oxygens (including phenoxy) is 1. The minimum absolute atomic E-state index is 0.257. The molecule has 4 aromatic rings. The number of aromatic amines is 1. The molecule has 0 spiro atoms. The lowest BCUT2D eigenvalue weighted by Gasteiger charge is -2.16. The van der Waals surface area contributed by atoms with Crippen LogP contribution >= 0.6 is 0 Å². The van der Waals surface area contributed by atoms with Gasteiger partial charge in [0.2, 0.25) is 10.0 Å². The molecule has 0 aliphatic heterocycles. The van der Waals surface area contributed by atoms with Crippen molar-refractivity contribution in [3.8, 4) is 5.75 Å². The molecule has 5 N–H and O–H groups in total. The Kier molecular flexibility index (Phi) is 6.85. The Hall–Kier alpha value is -3.11. The number of nitrogens with one attached hydrogen (secondary N) is 3.